The molecule has 5 nitrogen and oxygen atoms in total. The third-order valence-electron chi connectivity index (χ3n) is 3.07. The summed E-state index contributed by atoms with van der Waals surface area (Å²) in [5.74, 6) is -0.145. The molecule has 0 aliphatic heterocycles. The molecule has 0 aromatic heterocycles. The highest BCUT2D eigenvalue weighted by molar-refractivity contribution is 5.65. The molecule has 22 heavy (non-hydrogen) atoms. The summed E-state index contributed by atoms with van der Waals surface area (Å²) < 4.78 is 14.5. The van der Waals surface area contributed by atoms with E-state index in [0.29, 0.717) is 18.7 Å². The second-order valence-corrected chi connectivity index (χ2v) is 6.23. The number of rotatable bonds is 7. The molecule has 0 amide bonds. The van der Waals surface area contributed by atoms with Crippen LogP contribution in [0.5, 0.6) is 0 Å². The van der Waals surface area contributed by atoms with Crippen molar-refractivity contribution >= 4 is 11.4 Å². The lowest BCUT2D eigenvalue weighted by atomic mass is 10.1. The minimum atomic E-state index is -0.638. The Labute approximate surface area is 130 Å². The van der Waals surface area contributed by atoms with Gasteiger partial charge in [0.05, 0.1) is 17.4 Å². The van der Waals surface area contributed by atoms with Gasteiger partial charge in [0.25, 0.3) is 5.69 Å². The van der Waals surface area contributed by atoms with Gasteiger partial charge in [-0.05, 0) is 23.5 Å². The van der Waals surface area contributed by atoms with E-state index in [1.807, 2.05) is 33.8 Å². The zero-order valence-corrected chi connectivity index (χ0v) is 13.5. The Morgan fingerprint density at radius 1 is 1.27 bits per heavy atom. The maximum Gasteiger partial charge on any atom is 0.295 e. The number of hydrogen-bond acceptors (Lipinski definition) is 4. The molecule has 0 radical (unpaired) electrons. The Bertz CT molecular complexity index is 569. The summed E-state index contributed by atoms with van der Waals surface area (Å²) in [5, 5.41) is 20.0. The third-order valence-corrected chi connectivity index (χ3v) is 3.07. The van der Waals surface area contributed by atoms with Gasteiger partial charge in [-0.2, -0.15) is 5.26 Å². The number of anilines is 1. The average molecular weight is 307 g/mol. The zero-order valence-electron chi connectivity index (χ0n) is 13.5. The molecule has 0 atom stereocenters. The molecular weight excluding hydrogens is 285 g/mol. The van der Waals surface area contributed by atoms with Gasteiger partial charge in [-0.1, -0.05) is 27.7 Å². The molecule has 0 unspecified atom stereocenters. The lowest BCUT2D eigenvalue weighted by Gasteiger charge is -2.28. The largest absolute Gasteiger partial charge is 0.363 e. The standard InChI is InChI=1S/C16H22FN3O2/c1-11(2)9-19(10-12(3)4)16-14(17)7-13(5-6-18)8-15(16)20(21)22/h7-8,11-12H,5,9-10H2,1-4H3. The molecule has 0 bridgehead atoms. The van der Waals surface area contributed by atoms with Gasteiger partial charge in [0.15, 0.2) is 11.5 Å². The molecule has 1 aromatic rings. The molecule has 0 aliphatic carbocycles. The van der Waals surface area contributed by atoms with Crippen LogP contribution in [0.3, 0.4) is 0 Å². The van der Waals surface area contributed by atoms with Crippen molar-refractivity contribution < 1.29 is 9.31 Å². The molecule has 0 aliphatic rings. The Morgan fingerprint density at radius 3 is 2.23 bits per heavy atom. The number of nitriles is 1. The first kappa shape index (κ1) is 17.9. The van der Waals surface area contributed by atoms with Crippen LogP contribution in [0.2, 0.25) is 0 Å². The predicted molar refractivity (Wildman–Crippen MR) is 84.3 cm³/mol. The van der Waals surface area contributed by atoms with Crippen molar-refractivity contribution in [1.29, 1.82) is 5.26 Å². The summed E-state index contributed by atoms with van der Waals surface area (Å²) in [6.45, 7) is 9.02. The van der Waals surface area contributed by atoms with Crippen molar-refractivity contribution in [3.8, 4) is 6.07 Å². The number of benzene rings is 1. The molecule has 1 rings (SSSR count). The number of halogens is 1. The molecular formula is C16H22FN3O2. The Hall–Kier alpha value is -2.16. The number of hydrogen-bond donors (Lipinski definition) is 0. The van der Waals surface area contributed by atoms with Crippen LogP contribution in [0.4, 0.5) is 15.8 Å². The van der Waals surface area contributed by atoms with Crippen molar-refractivity contribution in [2.45, 2.75) is 34.1 Å². The molecule has 1 aromatic carbocycles. The van der Waals surface area contributed by atoms with Gasteiger partial charge >= 0.3 is 0 Å². The molecule has 0 fully saturated rings. The van der Waals surface area contributed by atoms with Gasteiger partial charge in [-0.3, -0.25) is 10.1 Å². The summed E-state index contributed by atoms with van der Waals surface area (Å²) in [7, 11) is 0. The lowest BCUT2D eigenvalue weighted by molar-refractivity contribution is -0.384. The quantitative estimate of drug-likeness (QED) is 0.565. The van der Waals surface area contributed by atoms with Crippen LogP contribution in [-0.4, -0.2) is 18.0 Å². The summed E-state index contributed by atoms with van der Waals surface area (Å²) >= 11 is 0. The first-order chi connectivity index (χ1) is 10.3. The maximum absolute atomic E-state index is 14.5. The number of nitrogens with zero attached hydrogens (tertiary/aromatic N) is 3. The van der Waals surface area contributed by atoms with E-state index < -0.39 is 10.7 Å². The molecule has 120 valence electrons. The normalized spacial score (nSPS) is 10.8. The highest BCUT2D eigenvalue weighted by Crippen LogP contribution is 2.33. The smallest absolute Gasteiger partial charge is 0.295 e. The second kappa shape index (κ2) is 7.74. The molecule has 0 heterocycles. The Morgan fingerprint density at radius 2 is 1.82 bits per heavy atom. The van der Waals surface area contributed by atoms with Crippen LogP contribution in [0.25, 0.3) is 0 Å². The van der Waals surface area contributed by atoms with E-state index in [1.54, 1.807) is 4.90 Å². The topological polar surface area (TPSA) is 70.2 Å². The molecule has 0 saturated carbocycles. The summed E-state index contributed by atoms with van der Waals surface area (Å²) in [6.07, 6.45) is -0.0492. The summed E-state index contributed by atoms with van der Waals surface area (Å²) in [4.78, 5) is 12.5. The van der Waals surface area contributed by atoms with Crippen LogP contribution in [0, 0.1) is 39.1 Å². The first-order valence-corrected chi connectivity index (χ1v) is 7.35. The van der Waals surface area contributed by atoms with Gasteiger partial charge in [0.1, 0.15) is 0 Å². The maximum atomic E-state index is 14.5. The van der Waals surface area contributed by atoms with Crippen LogP contribution < -0.4 is 4.90 Å². The van der Waals surface area contributed by atoms with Gasteiger partial charge in [0.2, 0.25) is 0 Å². The average Bonchev–Trinajstić information content (AvgIpc) is 2.36. The van der Waals surface area contributed by atoms with Crippen molar-refractivity contribution in [2.24, 2.45) is 11.8 Å². The SMILES string of the molecule is CC(C)CN(CC(C)C)c1c(F)cc(CC#N)cc1[N+](=O)[O-]. The van der Waals surface area contributed by atoms with E-state index in [0.717, 1.165) is 0 Å². The number of nitro benzene ring substituents is 1. The van der Waals surface area contributed by atoms with Gasteiger partial charge in [-0.15, -0.1) is 0 Å². The van der Waals surface area contributed by atoms with Crippen LogP contribution >= 0.6 is 0 Å². The molecule has 0 spiro atoms. The second-order valence-electron chi connectivity index (χ2n) is 6.23. The Balaban J connectivity index is 3.39. The lowest BCUT2D eigenvalue weighted by Crippen LogP contribution is -2.32. The van der Waals surface area contributed by atoms with Gasteiger partial charge in [0, 0.05) is 19.2 Å². The fourth-order valence-corrected chi connectivity index (χ4v) is 2.42. The van der Waals surface area contributed by atoms with E-state index in [1.165, 1.54) is 12.1 Å². The zero-order chi connectivity index (χ0) is 16.9. The molecule has 0 N–H and O–H groups in total. The molecule has 6 heteroatoms. The van der Waals surface area contributed by atoms with E-state index in [-0.39, 0.29) is 29.6 Å². The number of nitro groups is 1. The van der Waals surface area contributed by atoms with Crippen molar-refractivity contribution in [3.05, 3.63) is 33.6 Å². The monoisotopic (exact) mass is 307 g/mol. The van der Waals surface area contributed by atoms with Crippen molar-refractivity contribution in [1.82, 2.24) is 0 Å². The first-order valence-electron chi connectivity index (χ1n) is 7.35. The minimum absolute atomic E-state index is 0.0223. The highest BCUT2D eigenvalue weighted by atomic mass is 19.1. The fraction of sp³-hybridized carbons (Fsp3) is 0.562. The van der Waals surface area contributed by atoms with E-state index in [9.17, 15) is 14.5 Å². The fourth-order valence-electron chi connectivity index (χ4n) is 2.42. The van der Waals surface area contributed by atoms with Crippen molar-refractivity contribution in [2.75, 3.05) is 18.0 Å². The predicted octanol–water partition coefficient (Wildman–Crippen LogP) is 3.92. The van der Waals surface area contributed by atoms with E-state index in [4.69, 9.17) is 5.26 Å². The molecule has 0 saturated heterocycles. The summed E-state index contributed by atoms with van der Waals surface area (Å²) in [6, 6.07) is 4.41. The van der Waals surface area contributed by atoms with Crippen molar-refractivity contribution in [3.63, 3.8) is 0 Å². The van der Waals surface area contributed by atoms with Crippen LogP contribution in [-0.2, 0) is 6.42 Å². The van der Waals surface area contributed by atoms with Crippen LogP contribution in [0.1, 0.15) is 33.3 Å². The van der Waals surface area contributed by atoms with E-state index >= 15 is 0 Å². The van der Waals surface area contributed by atoms with Crippen LogP contribution in [0.15, 0.2) is 12.1 Å². The van der Waals surface area contributed by atoms with E-state index in [2.05, 4.69) is 0 Å². The van der Waals surface area contributed by atoms with Gasteiger partial charge in [-0.25, -0.2) is 4.39 Å². The Kier molecular flexibility index (Phi) is 6.29. The summed E-state index contributed by atoms with van der Waals surface area (Å²) in [5.41, 5.74) is 0.0742. The highest BCUT2D eigenvalue weighted by Gasteiger charge is 2.26. The van der Waals surface area contributed by atoms with Gasteiger partial charge < -0.3 is 4.90 Å². The third kappa shape index (κ3) is 4.69. The minimum Gasteiger partial charge on any atom is -0.363 e.